The molecular formula is C9H9F4NO. The van der Waals surface area contributed by atoms with Gasteiger partial charge in [0.2, 0.25) is 0 Å². The molecule has 0 aliphatic heterocycles. The third-order valence-corrected chi connectivity index (χ3v) is 1.60. The van der Waals surface area contributed by atoms with Crippen LogP contribution in [0.2, 0.25) is 0 Å². The average Bonchev–Trinajstić information content (AvgIpc) is 2.07. The summed E-state index contributed by atoms with van der Waals surface area (Å²) in [5.41, 5.74) is 5.53. The zero-order valence-electron chi connectivity index (χ0n) is 7.64. The highest BCUT2D eigenvalue weighted by Crippen LogP contribution is 2.17. The van der Waals surface area contributed by atoms with E-state index in [0.717, 1.165) is 6.07 Å². The van der Waals surface area contributed by atoms with E-state index < -0.39 is 25.2 Å². The summed E-state index contributed by atoms with van der Waals surface area (Å²) in [6, 6.07) is 3.72. The Hall–Kier alpha value is -1.30. The number of nitrogens with two attached hydrogens (primary N) is 1. The van der Waals surface area contributed by atoms with Gasteiger partial charge in [-0.25, -0.2) is 4.39 Å². The van der Waals surface area contributed by atoms with E-state index in [1.165, 1.54) is 12.1 Å². The van der Waals surface area contributed by atoms with Crippen LogP contribution in [-0.2, 0) is 11.3 Å². The molecular weight excluding hydrogens is 214 g/mol. The van der Waals surface area contributed by atoms with Crippen LogP contribution in [0.15, 0.2) is 18.2 Å². The molecule has 1 aromatic carbocycles. The lowest BCUT2D eigenvalue weighted by molar-refractivity contribution is -0.176. The number of ether oxygens (including phenoxy) is 1. The summed E-state index contributed by atoms with van der Waals surface area (Å²) < 4.78 is 52.4. The fourth-order valence-electron chi connectivity index (χ4n) is 0.957. The van der Waals surface area contributed by atoms with Gasteiger partial charge in [-0.15, -0.1) is 0 Å². The fraction of sp³-hybridized carbons (Fsp3) is 0.333. The highest BCUT2D eigenvalue weighted by molar-refractivity contribution is 5.40. The van der Waals surface area contributed by atoms with Crippen LogP contribution < -0.4 is 5.73 Å². The van der Waals surface area contributed by atoms with Gasteiger partial charge in [-0.05, 0) is 12.1 Å². The summed E-state index contributed by atoms with van der Waals surface area (Å²) >= 11 is 0. The van der Waals surface area contributed by atoms with Gasteiger partial charge in [-0.2, -0.15) is 13.2 Å². The van der Waals surface area contributed by atoms with Crippen LogP contribution >= 0.6 is 0 Å². The summed E-state index contributed by atoms with van der Waals surface area (Å²) in [6.07, 6.45) is -4.40. The van der Waals surface area contributed by atoms with Crippen LogP contribution in [0.5, 0.6) is 0 Å². The Morgan fingerprint density at radius 1 is 1.27 bits per heavy atom. The molecule has 1 rings (SSSR count). The van der Waals surface area contributed by atoms with Gasteiger partial charge in [0.25, 0.3) is 0 Å². The van der Waals surface area contributed by atoms with Crippen LogP contribution in [-0.4, -0.2) is 12.8 Å². The van der Waals surface area contributed by atoms with Crippen molar-refractivity contribution in [3.05, 3.63) is 29.6 Å². The molecule has 15 heavy (non-hydrogen) atoms. The van der Waals surface area contributed by atoms with Crippen molar-refractivity contribution in [3.8, 4) is 0 Å². The largest absolute Gasteiger partial charge is 0.411 e. The molecule has 0 heterocycles. The van der Waals surface area contributed by atoms with Gasteiger partial charge in [0.05, 0.1) is 6.61 Å². The second-order valence-corrected chi connectivity index (χ2v) is 2.96. The van der Waals surface area contributed by atoms with Crippen molar-refractivity contribution in [1.82, 2.24) is 0 Å². The molecule has 0 atom stereocenters. The molecule has 2 N–H and O–H groups in total. The van der Waals surface area contributed by atoms with E-state index >= 15 is 0 Å². The lowest BCUT2D eigenvalue weighted by Crippen LogP contribution is -2.17. The number of hydrogen-bond donors (Lipinski definition) is 1. The summed E-state index contributed by atoms with van der Waals surface area (Å²) in [5, 5.41) is 0. The second-order valence-electron chi connectivity index (χ2n) is 2.96. The third-order valence-electron chi connectivity index (χ3n) is 1.60. The van der Waals surface area contributed by atoms with Crippen molar-refractivity contribution in [2.45, 2.75) is 12.8 Å². The quantitative estimate of drug-likeness (QED) is 0.631. The SMILES string of the molecule is Nc1ccc(COCC(F)(F)F)c(F)c1. The standard InChI is InChI=1S/C9H9F4NO/c10-8-3-7(14)2-1-6(8)4-15-5-9(11,12)13/h1-3H,4-5,14H2. The Bertz CT molecular complexity index is 337. The van der Waals surface area contributed by atoms with Crippen LogP contribution in [0, 0.1) is 5.82 Å². The number of alkyl halides is 3. The summed E-state index contributed by atoms with van der Waals surface area (Å²) in [6.45, 7) is -1.82. The molecule has 0 radical (unpaired) electrons. The molecule has 2 nitrogen and oxygen atoms in total. The minimum atomic E-state index is -4.40. The third kappa shape index (κ3) is 4.16. The predicted molar refractivity (Wildman–Crippen MR) is 46.5 cm³/mol. The molecule has 0 amide bonds. The van der Waals surface area contributed by atoms with Crippen molar-refractivity contribution in [3.63, 3.8) is 0 Å². The minimum absolute atomic E-state index is 0.0495. The number of benzene rings is 1. The van der Waals surface area contributed by atoms with Gasteiger partial charge in [0, 0.05) is 11.3 Å². The average molecular weight is 223 g/mol. The number of anilines is 1. The number of hydrogen-bond acceptors (Lipinski definition) is 2. The molecule has 0 aromatic heterocycles. The highest BCUT2D eigenvalue weighted by Gasteiger charge is 2.27. The monoisotopic (exact) mass is 223 g/mol. The fourth-order valence-corrected chi connectivity index (χ4v) is 0.957. The van der Waals surface area contributed by atoms with Crippen molar-refractivity contribution in [2.24, 2.45) is 0 Å². The van der Waals surface area contributed by atoms with E-state index in [1.807, 2.05) is 0 Å². The molecule has 1 aromatic rings. The van der Waals surface area contributed by atoms with Crippen molar-refractivity contribution in [2.75, 3.05) is 12.3 Å². The number of halogens is 4. The first-order chi connectivity index (χ1) is 6.88. The maximum absolute atomic E-state index is 13.0. The van der Waals surface area contributed by atoms with Crippen molar-refractivity contribution >= 4 is 5.69 Å². The Morgan fingerprint density at radius 2 is 1.93 bits per heavy atom. The van der Waals surface area contributed by atoms with Gasteiger partial charge in [-0.1, -0.05) is 6.07 Å². The molecule has 0 aliphatic carbocycles. The van der Waals surface area contributed by atoms with E-state index in [1.54, 1.807) is 0 Å². The van der Waals surface area contributed by atoms with Crippen LogP contribution in [0.1, 0.15) is 5.56 Å². The van der Waals surface area contributed by atoms with Crippen LogP contribution in [0.25, 0.3) is 0 Å². The van der Waals surface area contributed by atoms with E-state index in [0.29, 0.717) is 0 Å². The van der Waals surface area contributed by atoms with E-state index in [4.69, 9.17) is 5.73 Å². The molecule has 0 saturated carbocycles. The molecule has 0 bridgehead atoms. The number of nitrogen functional groups attached to an aromatic ring is 1. The van der Waals surface area contributed by atoms with Gasteiger partial charge >= 0.3 is 6.18 Å². The van der Waals surface area contributed by atoms with E-state index in [9.17, 15) is 17.6 Å². The Morgan fingerprint density at radius 3 is 2.47 bits per heavy atom. The van der Waals surface area contributed by atoms with Gasteiger partial charge in [0.1, 0.15) is 12.4 Å². The summed E-state index contributed by atoms with van der Waals surface area (Å²) in [7, 11) is 0. The molecule has 0 spiro atoms. The molecule has 0 fully saturated rings. The van der Waals surface area contributed by atoms with E-state index in [-0.39, 0.29) is 11.3 Å². The van der Waals surface area contributed by atoms with Gasteiger partial charge in [0.15, 0.2) is 0 Å². The maximum Gasteiger partial charge on any atom is 0.411 e. The maximum atomic E-state index is 13.0. The first-order valence-corrected chi connectivity index (χ1v) is 4.07. The molecule has 0 unspecified atom stereocenters. The van der Waals surface area contributed by atoms with Crippen molar-refractivity contribution in [1.29, 1.82) is 0 Å². The topological polar surface area (TPSA) is 35.2 Å². The smallest absolute Gasteiger partial charge is 0.399 e. The summed E-state index contributed by atoms with van der Waals surface area (Å²) in [4.78, 5) is 0. The first-order valence-electron chi connectivity index (χ1n) is 4.07. The highest BCUT2D eigenvalue weighted by atomic mass is 19.4. The Kier molecular flexibility index (Phi) is 3.52. The number of rotatable bonds is 3. The van der Waals surface area contributed by atoms with Gasteiger partial charge < -0.3 is 10.5 Å². The van der Waals surface area contributed by atoms with Crippen LogP contribution in [0.3, 0.4) is 0 Å². The zero-order chi connectivity index (χ0) is 11.5. The molecule has 0 aliphatic rings. The molecule has 84 valence electrons. The van der Waals surface area contributed by atoms with Gasteiger partial charge in [-0.3, -0.25) is 0 Å². The molecule has 6 heteroatoms. The lowest BCUT2D eigenvalue weighted by atomic mass is 10.2. The first kappa shape index (κ1) is 11.8. The summed E-state index contributed by atoms with van der Waals surface area (Å²) in [5.74, 6) is -0.669. The predicted octanol–water partition coefficient (Wildman–Crippen LogP) is 2.49. The normalized spacial score (nSPS) is 11.7. The van der Waals surface area contributed by atoms with Crippen molar-refractivity contribution < 1.29 is 22.3 Å². The zero-order valence-corrected chi connectivity index (χ0v) is 7.64. The van der Waals surface area contributed by atoms with Crippen LogP contribution in [0.4, 0.5) is 23.2 Å². The lowest BCUT2D eigenvalue weighted by Gasteiger charge is -2.08. The minimum Gasteiger partial charge on any atom is -0.399 e. The molecule has 0 saturated heterocycles. The second kappa shape index (κ2) is 4.48. The Labute approximate surface area is 83.6 Å². The van der Waals surface area contributed by atoms with E-state index in [2.05, 4.69) is 4.74 Å². The Balaban J connectivity index is 2.51.